The zero-order valence-corrected chi connectivity index (χ0v) is 11.4. The van der Waals surface area contributed by atoms with Crippen LogP contribution in [0, 0.1) is 6.92 Å². The molecule has 3 rings (SSSR count). The Morgan fingerprint density at radius 2 is 2.25 bits per heavy atom. The Labute approximate surface area is 116 Å². The van der Waals surface area contributed by atoms with E-state index >= 15 is 0 Å². The third kappa shape index (κ3) is 2.54. The van der Waals surface area contributed by atoms with Crippen LogP contribution in [0.15, 0.2) is 41.4 Å². The summed E-state index contributed by atoms with van der Waals surface area (Å²) in [6, 6.07) is 6.02. The molecule has 20 heavy (non-hydrogen) atoms. The van der Waals surface area contributed by atoms with E-state index in [1.54, 1.807) is 4.68 Å². The van der Waals surface area contributed by atoms with Crippen LogP contribution in [0.5, 0.6) is 0 Å². The van der Waals surface area contributed by atoms with Gasteiger partial charge in [-0.2, -0.15) is 5.10 Å². The lowest BCUT2D eigenvalue weighted by Crippen LogP contribution is -2.00. The number of aryl methyl sites for hydroxylation is 2. The van der Waals surface area contributed by atoms with Crippen molar-refractivity contribution in [3.63, 3.8) is 0 Å². The molecule has 0 aliphatic rings. The second kappa shape index (κ2) is 5.16. The fourth-order valence-electron chi connectivity index (χ4n) is 2.00. The van der Waals surface area contributed by atoms with Gasteiger partial charge in [0.2, 0.25) is 12.3 Å². The number of nitrogens with one attached hydrogen (secondary N) is 1. The standard InChI is InChI=1S/C14H15N5O/c1-10-3-4-12(14-18-16-9-20-14)5-13(10)15-6-11-7-17-19(2)8-11/h3-5,7-9,15H,6H2,1-2H3. The van der Waals surface area contributed by atoms with Crippen LogP contribution >= 0.6 is 0 Å². The maximum absolute atomic E-state index is 5.22. The minimum Gasteiger partial charge on any atom is -0.423 e. The molecule has 2 heterocycles. The molecule has 1 aromatic carbocycles. The molecule has 0 saturated heterocycles. The Morgan fingerprint density at radius 3 is 2.95 bits per heavy atom. The zero-order valence-electron chi connectivity index (χ0n) is 11.4. The van der Waals surface area contributed by atoms with Crippen LogP contribution in [-0.2, 0) is 13.6 Å². The lowest BCUT2D eigenvalue weighted by Gasteiger charge is -2.09. The number of hydrogen-bond donors (Lipinski definition) is 1. The molecule has 0 aliphatic heterocycles. The van der Waals surface area contributed by atoms with Crippen molar-refractivity contribution in [2.24, 2.45) is 7.05 Å². The Kier molecular flexibility index (Phi) is 3.20. The van der Waals surface area contributed by atoms with Gasteiger partial charge in [-0.25, -0.2) is 0 Å². The van der Waals surface area contributed by atoms with Crippen LogP contribution in [0.25, 0.3) is 11.5 Å². The molecule has 2 aromatic heterocycles. The second-order valence-corrected chi connectivity index (χ2v) is 4.65. The molecule has 3 aromatic rings. The highest BCUT2D eigenvalue weighted by atomic mass is 16.4. The zero-order chi connectivity index (χ0) is 13.9. The Bertz CT molecular complexity index is 702. The predicted molar refractivity (Wildman–Crippen MR) is 75.0 cm³/mol. The average molecular weight is 269 g/mol. The summed E-state index contributed by atoms with van der Waals surface area (Å²) in [5, 5.41) is 15.2. The summed E-state index contributed by atoms with van der Waals surface area (Å²) >= 11 is 0. The van der Waals surface area contributed by atoms with Crippen molar-refractivity contribution in [3.05, 3.63) is 48.1 Å². The first-order valence-corrected chi connectivity index (χ1v) is 6.31. The number of rotatable bonds is 4. The quantitative estimate of drug-likeness (QED) is 0.787. The highest BCUT2D eigenvalue weighted by Gasteiger charge is 2.07. The van der Waals surface area contributed by atoms with Gasteiger partial charge >= 0.3 is 0 Å². The monoisotopic (exact) mass is 269 g/mol. The number of anilines is 1. The van der Waals surface area contributed by atoms with E-state index in [9.17, 15) is 0 Å². The van der Waals surface area contributed by atoms with E-state index in [4.69, 9.17) is 4.42 Å². The number of aromatic nitrogens is 4. The third-order valence-electron chi connectivity index (χ3n) is 3.09. The molecule has 6 nitrogen and oxygen atoms in total. The number of hydrogen-bond acceptors (Lipinski definition) is 5. The van der Waals surface area contributed by atoms with Gasteiger partial charge in [-0.1, -0.05) is 6.07 Å². The van der Waals surface area contributed by atoms with E-state index in [0.717, 1.165) is 28.9 Å². The smallest absolute Gasteiger partial charge is 0.247 e. The van der Waals surface area contributed by atoms with Gasteiger partial charge in [0.1, 0.15) is 0 Å². The van der Waals surface area contributed by atoms with E-state index in [1.807, 2.05) is 37.6 Å². The normalized spacial score (nSPS) is 10.7. The molecule has 0 fully saturated rings. The highest BCUT2D eigenvalue weighted by molar-refractivity contribution is 5.64. The maximum Gasteiger partial charge on any atom is 0.247 e. The molecule has 0 aliphatic carbocycles. The van der Waals surface area contributed by atoms with Crippen molar-refractivity contribution in [1.29, 1.82) is 0 Å². The topological polar surface area (TPSA) is 68.8 Å². The van der Waals surface area contributed by atoms with Crippen LogP contribution in [0.2, 0.25) is 0 Å². The van der Waals surface area contributed by atoms with Crippen LogP contribution < -0.4 is 5.32 Å². The second-order valence-electron chi connectivity index (χ2n) is 4.65. The molecule has 1 N–H and O–H groups in total. The van der Waals surface area contributed by atoms with E-state index < -0.39 is 0 Å². The molecule has 0 saturated carbocycles. The Morgan fingerprint density at radius 1 is 1.35 bits per heavy atom. The maximum atomic E-state index is 5.22. The van der Waals surface area contributed by atoms with Crippen molar-refractivity contribution in [2.75, 3.05) is 5.32 Å². The largest absolute Gasteiger partial charge is 0.423 e. The lowest BCUT2D eigenvalue weighted by molar-refractivity contribution is 0.568. The van der Waals surface area contributed by atoms with Gasteiger partial charge in [0, 0.05) is 36.6 Å². The van der Waals surface area contributed by atoms with Gasteiger partial charge in [-0.05, 0) is 24.6 Å². The predicted octanol–water partition coefficient (Wildman–Crippen LogP) is 2.39. The first kappa shape index (κ1) is 12.4. The van der Waals surface area contributed by atoms with Crippen LogP contribution in [0.1, 0.15) is 11.1 Å². The van der Waals surface area contributed by atoms with Gasteiger partial charge in [0.05, 0.1) is 6.20 Å². The van der Waals surface area contributed by atoms with E-state index in [-0.39, 0.29) is 0 Å². The molecule has 0 spiro atoms. The Balaban J connectivity index is 1.80. The van der Waals surface area contributed by atoms with Crippen molar-refractivity contribution >= 4 is 5.69 Å². The van der Waals surface area contributed by atoms with Crippen LogP contribution in [0.4, 0.5) is 5.69 Å². The summed E-state index contributed by atoms with van der Waals surface area (Å²) in [5.74, 6) is 0.523. The summed E-state index contributed by atoms with van der Waals surface area (Å²) < 4.78 is 7.01. The first-order chi connectivity index (χ1) is 9.72. The van der Waals surface area contributed by atoms with Crippen LogP contribution in [0.3, 0.4) is 0 Å². The molecule has 0 amide bonds. The third-order valence-corrected chi connectivity index (χ3v) is 3.09. The summed E-state index contributed by atoms with van der Waals surface area (Å²) in [6.07, 6.45) is 5.17. The van der Waals surface area contributed by atoms with Crippen molar-refractivity contribution in [3.8, 4) is 11.5 Å². The number of benzene rings is 1. The van der Waals surface area contributed by atoms with Gasteiger partial charge in [0.25, 0.3) is 0 Å². The van der Waals surface area contributed by atoms with Gasteiger partial charge in [-0.15, -0.1) is 10.2 Å². The molecule has 102 valence electrons. The van der Waals surface area contributed by atoms with Crippen molar-refractivity contribution < 1.29 is 4.42 Å². The highest BCUT2D eigenvalue weighted by Crippen LogP contribution is 2.24. The molecule has 0 radical (unpaired) electrons. The summed E-state index contributed by atoms with van der Waals surface area (Å²) in [7, 11) is 1.91. The van der Waals surface area contributed by atoms with Gasteiger partial charge in [0.15, 0.2) is 0 Å². The van der Waals surface area contributed by atoms with E-state index in [0.29, 0.717) is 5.89 Å². The summed E-state index contributed by atoms with van der Waals surface area (Å²) in [4.78, 5) is 0. The minimum atomic E-state index is 0.523. The minimum absolute atomic E-state index is 0.523. The molecular formula is C14H15N5O. The Hall–Kier alpha value is -2.63. The first-order valence-electron chi connectivity index (χ1n) is 6.31. The molecule has 0 unspecified atom stereocenters. The fourth-order valence-corrected chi connectivity index (χ4v) is 2.00. The average Bonchev–Trinajstić information content (AvgIpc) is 3.09. The van der Waals surface area contributed by atoms with Gasteiger partial charge < -0.3 is 9.73 Å². The fraction of sp³-hybridized carbons (Fsp3) is 0.214. The summed E-state index contributed by atoms with van der Waals surface area (Å²) in [5.41, 5.74) is 4.25. The van der Waals surface area contributed by atoms with Gasteiger partial charge in [-0.3, -0.25) is 4.68 Å². The lowest BCUT2D eigenvalue weighted by atomic mass is 10.1. The van der Waals surface area contributed by atoms with E-state index in [2.05, 4.69) is 27.5 Å². The van der Waals surface area contributed by atoms with Crippen molar-refractivity contribution in [1.82, 2.24) is 20.0 Å². The molecule has 6 heteroatoms. The molecule has 0 atom stereocenters. The molecular weight excluding hydrogens is 254 g/mol. The van der Waals surface area contributed by atoms with E-state index in [1.165, 1.54) is 6.39 Å². The van der Waals surface area contributed by atoms with Crippen LogP contribution in [-0.4, -0.2) is 20.0 Å². The molecule has 0 bridgehead atoms. The SMILES string of the molecule is Cc1ccc(-c2nnco2)cc1NCc1cnn(C)c1. The van der Waals surface area contributed by atoms with Crippen molar-refractivity contribution in [2.45, 2.75) is 13.5 Å². The summed E-state index contributed by atoms with van der Waals surface area (Å²) in [6.45, 7) is 2.78. The number of nitrogens with zero attached hydrogens (tertiary/aromatic N) is 4.